The number of aryl methyl sites for hydroxylation is 3. The minimum Gasteiger partial charge on any atom is -0.0654 e. The van der Waals surface area contributed by atoms with Crippen LogP contribution in [0, 0.1) is 13.8 Å². The average Bonchev–Trinajstić information content (AvgIpc) is 2.89. The number of hydrogen-bond donors (Lipinski definition) is 0. The first-order valence-electron chi connectivity index (χ1n) is 10.3. The molecular weight excluding hydrogens is 324 g/mol. The number of unbranched alkanes of at least 4 members (excludes halogenated alkanes) is 1. The molecule has 0 aromatic heterocycles. The van der Waals surface area contributed by atoms with Crippen LogP contribution in [0.15, 0.2) is 54.6 Å². The first-order valence-corrected chi connectivity index (χ1v) is 10.3. The third-order valence-corrected chi connectivity index (χ3v) is 6.40. The van der Waals surface area contributed by atoms with Crippen LogP contribution in [-0.2, 0) is 11.8 Å². The van der Waals surface area contributed by atoms with Crippen molar-refractivity contribution < 1.29 is 0 Å². The third kappa shape index (κ3) is 3.02. The van der Waals surface area contributed by atoms with Gasteiger partial charge in [0.05, 0.1) is 0 Å². The summed E-state index contributed by atoms with van der Waals surface area (Å²) in [6, 6.07) is 21.0. The lowest BCUT2D eigenvalue weighted by Gasteiger charge is -2.22. The highest BCUT2D eigenvalue weighted by atomic mass is 14.4. The highest BCUT2D eigenvalue weighted by Crippen LogP contribution is 2.50. The molecule has 0 bridgehead atoms. The molecule has 0 aliphatic heterocycles. The lowest BCUT2D eigenvalue weighted by atomic mass is 9.81. The molecule has 3 aromatic rings. The molecule has 1 aliphatic carbocycles. The molecule has 0 radical (unpaired) electrons. The zero-order valence-corrected chi connectivity index (χ0v) is 17.3. The number of hydrogen-bond acceptors (Lipinski definition) is 0. The molecule has 0 amide bonds. The Kier molecular flexibility index (Phi) is 4.46. The van der Waals surface area contributed by atoms with Crippen molar-refractivity contribution in [2.24, 2.45) is 0 Å². The third-order valence-electron chi connectivity index (χ3n) is 6.40. The van der Waals surface area contributed by atoms with E-state index in [9.17, 15) is 0 Å². The maximum atomic E-state index is 2.46. The summed E-state index contributed by atoms with van der Waals surface area (Å²) in [5.74, 6) is 0. The lowest BCUT2D eigenvalue weighted by molar-refractivity contribution is 0.658. The zero-order chi connectivity index (χ0) is 19.2. The summed E-state index contributed by atoms with van der Waals surface area (Å²) in [6.07, 6.45) is 3.70. The van der Waals surface area contributed by atoms with Gasteiger partial charge in [0.25, 0.3) is 0 Å². The van der Waals surface area contributed by atoms with Gasteiger partial charge in [-0.25, -0.2) is 0 Å². The fourth-order valence-corrected chi connectivity index (χ4v) is 4.42. The molecule has 0 unspecified atom stereocenters. The van der Waals surface area contributed by atoms with E-state index in [1.807, 2.05) is 0 Å². The molecule has 0 saturated heterocycles. The van der Waals surface area contributed by atoms with Gasteiger partial charge in [0, 0.05) is 5.41 Å². The van der Waals surface area contributed by atoms with E-state index in [0.29, 0.717) is 0 Å². The molecule has 0 heteroatoms. The van der Waals surface area contributed by atoms with E-state index >= 15 is 0 Å². The van der Waals surface area contributed by atoms with Crippen LogP contribution < -0.4 is 0 Å². The molecule has 0 heterocycles. The molecule has 0 nitrogen and oxygen atoms in total. The second kappa shape index (κ2) is 6.68. The van der Waals surface area contributed by atoms with Gasteiger partial charge in [-0.2, -0.15) is 0 Å². The predicted octanol–water partition coefficient (Wildman–Crippen LogP) is 7.62. The van der Waals surface area contributed by atoms with E-state index in [4.69, 9.17) is 0 Å². The van der Waals surface area contributed by atoms with Crippen molar-refractivity contribution in [3.63, 3.8) is 0 Å². The molecule has 1 aliphatic rings. The average molecular weight is 355 g/mol. The van der Waals surface area contributed by atoms with E-state index in [0.717, 1.165) is 0 Å². The Balaban J connectivity index is 1.79. The van der Waals surface area contributed by atoms with Gasteiger partial charge in [-0.3, -0.25) is 0 Å². The molecule has 0 spiro atoms. The highest BCUT2D eigenvalue weighted by Gasteiger charge is 2.35. The van der Waals surface area contributed by atoms with E-state index < -0.39 is 0 Å². The Labute approximate surface area is 164 Å². The summed E-state index contributed by atoms with van der Waals surface area (Å²) in [4.78, 5) is 0. The van der Waals surface area contributed by atoms with Crippen LogP contribution in [-0.4, -0.2) is 0 Å². The van der Waals surface area contributed by atoms with Gasteiger partial charge in [-0.15, -0.1) is 0 Å². The largest absolute Gasteiger partial charge is 0.0654 e. The highest BCUT2D eigenvalue weighted by molar-refractivity contribution is 5.83. The Morgan fingerprint density at radius 2 is 1.33 bits per heavy atom. The van der Waals surface area contributed by atoms with Crippen LogP contribution in [0.3, 0.4) is 0 Å². The van der Waals surface area contributed by atoms with Gasteiger partial charge < -0.3 is 0 Å². The van der Waals surface area contributed by atoms with Crippen molar-refractivity contribution in [3.05, 3.63) is 82.4 Å². The van der Waals surface area contributed by atoms with Crippen molar-refractivity contribution in [1.82, 2.24) is 0 Å². The fraction of sp³-hybridized carbons (Fsp3) is 0.333. The summed E-state index contributed by atoms with van der Waals surface area (Å²) in [6.45, 7) is 11.4. The molecule has 0 fully saturated rings. The van der Waals surface area contributed by atoms with Gasteiger partial charge in [0.2, 0.25) is 0 Å². The molecule has 27 heavy (non-hydrogen) atoms. The Morgan fingerprint density at radius 3 is 2.04 bits per heavy atom. The predicted molar refractivity (Wildman–Crippen MR) is 118 cm³/mol. The van der Waals surface area contributed by atoms with Gasteiger partial charge in [-0.05, 0) is 82.8 Å². The van der Waals surface area contributed by atoms with Crippen LogP contribution >= 0.6 is 0 Å². The SMILES string of the molecule is CCCCc1ccc2c(c1)C(C)(C)c1cc(-c3ccc(C)c(C)c3)ccc1-2. The van der Waals surface area contributed by atoms with Crippen LogP contribution in [0.5, 0.6) is 0 Å². The zero-order valence-electron chi connectivity index (χ0n) is 17.3. The van der Waals surface area contributed by atoms with E-state index in [2.05, 4.69) is 89.2 Å². The summed E-state index contributed by atoms with van der Waals surface area (Å²) >= 11 is 0. The standard InChI is InChI=1S/C27H30/c1-6-7-8-20-10-13-23-24-14-12-22(21-11-9-18(2)19(3)15-21)17-26(24)27(4,5)25(23)16-20/h9-17H,6-8H2,1-5H3. The topological polar surface area (TPSA) is 0 Å². The monoisotopic (exact) mass is 354 g/mol. The smallest absolute Gasteiger partial charge is 0.0159 e. The van der Waals surface area contributed by atoms with Gasteiger partial charge >= 0.3 is 0 Å². The Morgan fingerprint density at radius 1 is 0.704 bits per heavy atom. The van der Waals surface area contributed by atoms with Crippen molar-refractivity contribution in [1.29, 1.82) is 0 Å². The maximum absolute atomic E-state index is 2.46. The quantitative estimate of drug-likeness (QED) is 0.452. The Bertz CT molecular complexity index is 1000. The number of rotatable bonds is 4. The minimum absolute atomic E-state index is 0.0582. The number of benzene rings is 3. The van der Waals surface area contributed by atoms with Gasteiger partial charge in [0.1, 0.15) is 0 Å². The summed E-state index contributed by atoms with van der Waals surface area (Å²) < 4.78 is 0. The molecular formula is C27H30. The van der Waals surface area contributed by atoms with E-state index in [-0.39, 0.29) is 5.41 Å². The van der Waals surface area contributed by atoms with Gasteiger partial charge in [0.15, 0.2) is 0 Å². The van der Waals surface area contributed by atoms with E-state index in [1.54, 1.807) is 0 Å². The van der Waals surface area contributed by atoms with Crippen LogP contribution in [0.25, 0.3) is 22.3 Å². The van der Waals surface area contributed by atoms with Crippen LogP contribution in [0.4, 0.5) is 0 Å². The second-order valence-electron chi connectivity index (χ2n) is 8.67. The van der Waals surface area contributed by atoms with Crippen LogP contribution in [0.2, 0.25) is 0 Å². The number of fused-ring (bicyclic) bond motifs is 3. The maximum Gasteiger partial charge on any atom is 0.0159 e. The summed E-state index contributed by atoms with van der Waals surface area (Å²) in [5.41, 5.74) is 12.7. The van der Waals surface area contributed by atoms with Gasteiger partial charge in [-0.1, -0.05) is 75.7 Å². The molecule has 0 N–H and O–H groups in total. The molecule has 0 saturated carbocycles. The Hall–Kier alpha value is -2.34. The fourth-order valence-electron chi connectivity index (χ4n) is 4.42. The van der Waals surface area contributed by atoms with Crippen molar-refractivity contribution in [3.8, 4) is 22.3 Å². The van der Waals surface area contributed by atoms with Crippen LogP contribution in [0.1, 0.15) is 61.4 Å². The lowest BCUT2D eigenvalue weighted by Crippen LogP contribution is -2.15. The molecule has 138 valence electrons. The second-order valence-corrected chi connectivity index (χ2v) is 8.67. The summed E-state index contributed by atoms with van der Waals surface area (Å²) in [5, 5.41) is 0. The first kappa shape index (κ1) is 18.0. The van der Waals surface area contributed by atoms with Crippen molar-refractivity contribution in [2.75, 3.05) is 0 Å². The molecule has 4 rings (SSSR count). The molecule has 3 aromatic carbocycles. The van der Waals surface area contributed by atoms with Crippen molar-refractivity contribution >= 4 is 0 Å². The van der Waals surface area contributed by atoms with Crippen molar-refractivity contribution in [2.45, 2.75) is 59.3 Å². The molecule has 0 atom stereocenters. The minimum atomic E-state index is 0.0582. The summed E-state index contributed by atoms with van der Waals surface area (Å²) in [7, 11) is 0. The first-order chi connectivity index (χ1) is 12.9. The normalized spacial score (nSPS) is 14.1. The van der Waals surface area contributed by atoms with E-state index in [1.165, 1.54) is 69.3 Å².